The van der Waals surface area contributed by atoms with Gasteiger partial charge in [0.2, 0.25) is 11.8 Å². The molecule has 0 atom stereocenters. The van der Waals surface area contributed by atoms with E-state index in [4.69, 9.17) is 37.6 Å². The van der Waals surface area contributed by atoms with Gasteiger partial charge in [0.1, 0.15) is 5.75 Å². The number of ether oxygens (including phenoxy) is 1. The Kier molecular flexibility index (Phi) is 6.23. The third-order valence-electron chi connectivity index (χ3n) is 4.23. The summed E-state index contributed by atoms with van der Waals surface area (Å²) in [6.07, 6.45) is 0.0313. The first-order valence-electron chi connectivity index (χ1n) is 8.86. The van der Waals surface area contributed by atoms with Crippen molar-refractivity contribution in [1.82, 2.24) is 10.2 Å². The first-order chi connectivity index (χ1) is 14.9. The van der Waals surface area contributed by atoms with Crippen LogP contribution in [0.5, 0.6) is 11.5 Å². The zero-order valence-corrected chi connectivity index (χ0v) is 18.7. The summed E-state index contributed by atoms with van der Waals surface area (Å²) in [6, 6.07) is 16.8. The first kappa shape index (κ1) is 21.3. The first-order valence-corrected chi connectivity index (χ1v) is 10.4. The Labute approximate surface area is 195 Å². The third kappa shape index (κ3) is 4.88. The van der Waals surface area contributed by atoms with Gasteiger partial charge >= 0.3 is 0 Å². The van der Waals surface area contributed by atoms with Crippen LogP contribution in [-0.2, 0) is 6.42 Å². The molecule has 5 nitrogen and oxygen atoms in total. The highest BCUT2D eigenvalue weighted by Crippen LogP contribution is 2.36. The fourth-order valence-electron chi connectivity index (χ4n) is 2.84. The lowest BCUT2D eigenvalue weighted by Crippen LogP contribution is -1.98. The van der Waals surface area contributed by atoms with E-state index >= 15 is 4.39 Å². The van der Waals surface area contributed by atoms with E-state index in [1.54, 1.807) is 42.5 Å². The minimum Gasteiger partial charge on any atom is -0.453 e. The number of hydrogen-bond donors (Lipinski definition) is 0. The molecule has 0 spiro atoms. The number of halogens is 4. The van der Waals surface area contributed by atoms with E-state index in [9.17, 15) is 0 Å². The Morgan fingerprint density at radius 3 is 2.71 bits per heavy atom. The van der Waals surface area contributed by atoms with Gasteiger partial charge in [0.25, 0.3) is 0 Å². The topological polar surface area (TPSA) is 71.9 Å². The molecule has 0 aliphatic heterocycles. The average molecular weight is 519 g/mol. The zero-order valence-electron chi connectivity index (χ0n) is 15.6. The summed E-state index contributed by atoms with van der Waals surface area (Å²) in [5.74, 6) is -0.00356. The SMILES string of the molecule is N#Cc1cccc(-c2nnc(Cc3ccc(Cl)c(Oc4cc(Cl)cc(Br)c4)c3F)o2)c1. The lowest BCUT2D eigenvalue weighted by atomic mass is 10.1. The molecule has 0 amide bonds. The Hall–Kier alpha value is -2.92. The summed E-state index contributed by atoms with van der Waals surface area (Å²) in [5.41, 5.74) is 1.34. The molecule has 0 saturated carbocycles. The van der Waals surface area contributed by atoms with Gasteiger partial charge < -0.3 is 9.15 Å². The Morgan fingerprint density at radius 1 is 1.10 bits per heavy atom. The monoisotopic (exact) mass is 517 g/mol. The molecule has 1 aromatic heterocycles. The molecule has 1 heterocycles. The van der Waals surface area contributed by atoms with Crippen LogP contribution in [0.2, 0.25) is 10.0 Å². The lowest BCUT2D eigenvalue weighted by Gasteiger charge is -2.12. The Balaban J connectivity index is 1.60. The fourth-order valence-corrected chi connectivity index (χ4v) is 3.85. The molecule has 0 saturated heterocycles. The maximum absolute atomic E-state index is 15.2. The predicted molar refractivity (Wildman–Crippen MR) is 118 cm³/mol. The van der Waals surface area contributed by atoms with Crippen LogP contribution in [-0.4, -0.2) is 10.2 Å². The van der Waals surface area contributed by atoms with Crippen LogP contribution in [0.1, 0.15) is 17.0 Å². The van der Waals surface area contributed by atoms with Crippen molar-refractivity contribution in [1.29, 1.82) is 5.26 Å². The quantitative estimate of drug-likeness (QED) is 0.279. The highest BCUT2D eigenvalue weighted by Gasteiger charge is 2.18. The molecule has 31 heavy (non-hydrogen) atoms. The van der Waals surface area contributed by atoms with Crippen LogP contribution in [0.25, 0.3) is 11.5 Å². The van der Waals surface area contributed by atoms with E-state index in [0.717, 1.165) is 0 Å². The Bertz CT molecular complexity index is 1300. The minimum absolute atomic E-state index is 0.0313. The van der Waals surface area contributed by atoms with Gasteiger partial charge in [-0.25, -0.2) is 4.39 Å². The Morgan fingerprint density at radius 2 is 1.94 bits per heavy atom. The van der Waals surface area contributed by atoms with E-state index in [2.05, 4.69) is 32.2 Å². The van der Waals surface area contributed by atoms with Gasteiger partial charge in [-0.3, -0.25) is 0 Å². The van der Waals surface area contributed by atoms with Crippen LogP contribution in [0, 0.1) is 17.1 Å². The van der Waals surface area contributed by atoms with E-state index < -0.39 is 5.82 Å². The molecule has 3 aromatic carbocycles. The maximum atomic E-state index is 15.2. The maximum Gasteiger partial charge on any atom is 0.247 e. The van der Waals surface area contributed by atoms with Gasteiger partial charge in [-0.05, 0) is 42.5 Å². The standard InChI is InChI=1S/C22H11BrCl2FN3O2/c23-15-8-16(24)10-17(9-15)30-21-18(25)5-4-13(20(21)26)7-19-28-29-22(31-19)14-3-1-2-12(6-14)11-27/h1-6,8-10H,7H2. The average Bonchev–Trinajstić information content (AvgIpc) is 3.21. The van der Waals surface area contributed by atoms with Crippen molar-refractivity contribution in [2.24, 2.45) is 0 Å². The molecule has 0 aliphatic carbocycles. The van der Waals surface area contributed by atoms with Crippen LogP contribution in [0.4, 0.5) is 4.39 Å². The predicted octanol–water partition coefficient (Wildman–Crippen LogP) is 7.20. The van der Waals surface area contributed by atoms with E-state index in [0.29, 0.717) is 26.4 Å². The second-order valence-corrected chi connectivity index (χ2v) is 8.19. The molecule has 154 valence electrons. The molecular formula is C22H11BrCl2FN3O2. The van der Waals surface area contributed by atoms with E-state index in [-0.39, 0.29) is 34.5 Å². The van der Waals surface area contributed by atoms with Crippen molar-refractivity contribution in [2.75, 3.05) is 0 Å². The van der Waals surface area contributed by atoms with Crippen molar-refractivity contribution < 1.29 is 13.5 Å². The summed E-state index contributed by atoms with van der Waals surface area (Å²) in [4.78, 5) is 0. The van der Waals surface area contributed by atoms with E-state index in [1.807, 2.05) is 0 Å². The molecule has 0 N–H and O–H groups in total. The van der Waals surface area contributed by atoms with Gasteiger partial charge in [0, 0.05) is 20.6 Å². The summed E-state index contributed by atoms with van der Waals surface area (Å²) >= 11 is 15.5. The minimum atomic E-state index is -0.644. The molecule has 4 aromatic rings. The van der Waals surface area contributed by atoms with Crippen LogP contribution < -0.4 is 4.74 Å². The molecular weight excluding hydrogens is 508 g/mol. The normalized spacial score (nSPS) is 10.7. The van der Waals surface area contributed by atoms with Crippen LogP contribution in [0.15, 0.2) is 63.5 Å². The van der Waals surface area contributed by atoms with Crippen molar-refractivity contribution in [3.05, 3.63) is 92.0 Å². The van der Waals surface area contributed by atoms with Gasteiger partial charge in [0.15, 0.2) is 11.6 Å². The largest absolute Gasteiger partial charge is 0.453 e. The van der Waals surface area contributed by atoms with Crippen molar-refractivity contribution in [3.8, 4) is 29.0 Å². The highest BCUT2D eigenvalue weighted by atomic mass is 79.9. The van der Waals surface area contributed by atoms with Gasteiger partial charge in [-0.1, -0.05) is 51.3 Å². The highest BCUT2D eigenvalue weighted by molar-refractivity contribution is 9.10. The number of nitriles is 1. The number of hydrogen-bond acceptors (Lipinski definition) is 5. The summed E-state index contributed by atoms with van der Waals surface area (Å²) < 4.78 is 27.1. The zero-order chi connectivity index (χ0) is 22.0. The van der Waals surface area contributed by atoms with Crippen molar-refractivity contribution in [2.45, 2.75) is 6.42 Å². The summed E-state index contributed by atoms with van der Waals surface area (Å²) in [5, 5.41) is 17.5. The molecule has 0 fully saturated rings. The van der Waals surface area contributed by atoms with Crippen LogP contribution >= 0.6 is 39.1 Å². The number of benzene rings is 3. The fraction of sp³-hybridized carbons (Fsp3) is 0.0455. The lowest BCUT2D eigenvalue weighted by molar-refractivity contribution is 0.437. The number of rotatable bonds is 5. The smallest absolute Gasteiger partial charge is 0.247 e. The second kappa shape index (κ2) is 9.06. The second-order valence-electron chi connectivity index (χ2n) is 6.43. The number of nitrogens with zero attached hydrogens (tertiary/aromatic N) is 3. The third-order valence-corrected chi connectivity index (χ3v) is 5.21. The summed E-state index contributed by atoms with van der Waals surface area (Å²) in [6.45, 7) is 0. The van der Waals surface area contributed by atoms with Gasteiger partial charge in [-0.2, -0.15) is 5.26 Å². The molecule has 0 aliphatic rings. The molecule has 0 unspecified atom stereocenters. The van der Waals surface area contributed by atoms with Gasteiger partial charge in [-0.15, -0.1) is 10.2 Å². The molecule has 9 heteroatoms. The molecule has 4 rings (SSSR count). The van der Waals surface area contributed by atoms with Crippen molar-refractivity contribution >= 4 is 39.1 Å². The number of aromatic nitrogens is 2. The van der Waals surface area contributed by atoms with Gasteiger partial charge in [0.05, 0.1) is 23.1 Å². The van der Waals surface area contributed by atoms with E-state index in [1.165, 1.54) is 12.1 Å². The van der Waals surface area contributed by atoms with Crippen molar-refractivity contribution in [3.63, 3.8) is 0 Å². The molecule has 0 bridgehead atoms. The summed E-state index contributed by atoms with van der Waals surface area (Å²) in [7, 11) is 0. The van der Waals surface area contributed by atoms with Crippen LogP contribution in [0.3, 0.4) is 0 Å². The molecule has 0 radical (unpaired) electrons.